The van der Waals surface area contributed by atoms with Gasteiger partial charge in [0.1, 0.15) is 24.1 Å². The molecule has 2 aliphatic heterocycles. The summed E-state index contributed by atoms with van der Waals surface area (Å²) in [6, 6.07) is 1.43. The molecule has 2 fully saturated rings. The van der Waals surface area contributed by atoms with Gasteiger partial charge in [-0.1, -0.05) is 11.6 Å². The zero-order valence-electron chi connectivity index (χ0n) is 13.3. The molecule has 128 valence electrons. The van der Waals surface area contributed by atoms with Gasteiger partial charge in [-0.25, -0.2) is 9.37 Å². The van der Waals surface area contributed by atoms with Gasteiger partial charge in [-0.05, 0) is 12.5 Å². The molecule has 0 bridgehead atoms. The lowest BCUT2D eigenvalue weighted by Crippen LogP contribution is -2.50. The standard InChI is InChI=1S/C16H18ClFN4O2/c1-10-12(7-19)15(20-8-13(10)17)22-9-11(18)6-14(22)16(23)21-2-4-24-5-3-21/h8,11,14H,2-6,9H2,1H3/t11-,14+/m1/s1. The Morgan fingerprint density at radius 3 is 2.88 bits per heavy atom. The molecule has 0 radical (unpaired) electrons. The van der Waals surface area contributed by atoms with E-state index >= 15 is 0 Å². The Kier molecular flexibility index (Phi) is 4.88. The van der Waals surface area contributed by atoms with Gasteiger partial charge in [-0.15, -0.1) is 0 Å². The maximum absolute atomic E-state index is 14.1. The van der Waals surface area contributed by atoms with Gasteiger partial charge in [0.15, 0.2) is 0 Å². The SMILES string of the molecule is Cc1c(Cl)cnc(N2C[C@H](F)C[C@H]2C(=O)N2CCOCC2)c1C#N. The van der Waals surface area contributed by atoms with E-state index in [-0.39, 0.29) is 24.4 Å². The van der Waals surface area contributed by atoms with Crippen LogP contribution in [-0.4, -0.2) is 60.9 Å². The van der Waals surface area contributed by atoms with E-state index in [9.17, 15) is 14.4 Å². The van der Waals surface area contributed by atoms with Crippen LogP contribution in [0, 0.1) is 18.3 Å². The molecule has 0 aliphatic carbocycles. The van der Waals surface area contributed by atoms with Crippen LogP contribution in [0.5, 0.6) is 0 Å². The highest BCUT2D eigenvalue weighted by Crippen LogP contribution is 2.32. The first-order valence-corrected chi connectivity index (χ1v) is 8.23. The highest BCUT2D eigenvalue weighted by molar-refractivity contribution is 6.31. The van der Waals surface area contributed by atoms with Gasteiger partial charge in [-0.2, -0.15) is 5.26 Å². The molecular formula is C16H18ClFN4O2. The molecule has 0 unspecified atom stereocenters. The van der Waals surface area contributed by atoms with Crippen molar-refractivity contribution < 1.29 is 13.9 Å². The number of nitriles is 1. The number of carbonyl (C=O) groups is 1. The van der Waals surface area contributed by atoms with Crippen molar-refractivity contribution in [1.82, 2.24) is 9.88 Å². The molecule has 0 aromatic carbocycles. The second kappa shape index (κ2) is 6.91. The number of pyridine rings is 1. The topological polar surface area (TPSA) is 69.5 Å². The predicted octanol–water partition coefficient (Wildman–Crippen LogP) is 1.69. The van der Waals surface area contributed by atoms with Gasteiger partial charge in [0.25, 0.3) is 0 Å². The Morgan fingerprint density at radius 1 is 1.50 bits per heavy atom. The van der Waals surface area contributed by atoms with E-state index in [1.165, 1.54) is 6.20 Å². The molecule has 24 heavy (non-hydrogen) atoms. The van der Waals surface area contributed by atoms with Crippen LogP contribution in [0.3, 0.4) is 0 Å². The molecule has 0 N–H and O–H groups in total. The van der Waals surface area contributed by atoms with E-state index in [0.717, 1.165) is 0 Å². The van der Waals surface area contributed by atoms with Gasteiger partial charge < -0.3 is 14.5 Å². The molecule has 2 aliphatic rings. The Morgan fingerprint density at radius 2 is 2.21 bits per heavy atom. The summed E-state index contributed by atoms with van der Waals surface area (Å²) in [4.78, 5) is 20.3. The Balaban J connectivity index is 1.93. The summed E-state index contributed by atoms with van der Waals surface area (Å²) in [5, 5.41) is 9.82. The number of anilines is 1. The van der Waals surface area contributed by atoms with Crippen LogP contribution < -0.4 is 4.90 Å². The first-order chi connectivity index (χ1) is 11.5. The normalized spacial score (nSPS) is 24.1. The summed E-state index contributed by atoms with van der Waals surface area (Å²) in [5.41, 5.74) is 0.875. The average molecular weight is 353 g/mol. The van der Waals surface area contributed by atoms with Crippen molar-refractivity contribution >= 4 is 23.3 Å². The van der Waals surface area contributed by atoms with Crippen LogP contribution in [-0.2, 0) is 9.53 Å². The molecule has 1 aromatic rings. The van der Waals surface area contributed by atoms with Crippen molar-refractivity contribution in [2.24, 2.45) is 0 Å². The fraction of sp³-hybridized carbons (Fsp3) is 0.562. The fourth-order valence-electron chi connectivity index (χ4n) is 3.17. The predicted molar refractivity (Wildman–Crippen MR) is 86.7 cm³/mol. The van der Waals surface area contributed by atoms with E-state index < -0.39 is 12.2 Å². The van der Waals surface area contributed by atoms with Crippen LogP contribution in [0.2, 0.25) is 5.02 Å². The minimum Gasteiger partial charge on any atom is -0.378 e. The third-order valence-corrected chi connectivity index (χ3v) is 4.88. The summed E-state index contributed by atoms with van der Waals surface area (Å²) >= 11 is 6.03. The van der Waals surface area contributed by atoms with Crippen molar-refractivity contribution in [3.05, 3.63) is 22.3 Å². The minimum atomic E-state index is -1.13. The highest BCUT2D eigenvalue weighted by Gasteiger charge is 2.41. The smallest absolute Gasteiger partial charge is 0.245 e. The number of nitrogens with zero attached hydrogens (tertiary/aromatic N) is 4. The number of alkyl halides is 1. The van der Waals surface area contributed by atoms with Gasteiger partial charge in [-0.3, -0.25) is 4.79 Å². The number of carbonyl (C=O) groups excluding carboxylic acids is 1. The van der Waals surface area contributed by atoms with E-state index in [2.05, 4.69) is 11.1 Å². The van der Waals surface area contributed by atoms with E-state index in [4.69, 9.17) is 16.3 Å². The molecule has 3 heterocycles. The Hall–Kier alpha value is -1.91. The number of hydrogen-bond acceptors (Lipinski definition) is 5. The highest BCUT2D eigenvalue weighted by atomic mass is 35.5. The fourth-order valence-corrected chi connectivity index (χ4v) is 3.31. The monoisotopic (exact) mass is 352 g/mol. The number of amides is 1. The summed E-state index contributed by atoms with van der Waals surface area (Å²) in [6.45, 7) is 3.73. The number of morpholine rings is 1. The van der Waals surface area contributed by atoms with E-state index in [1.807, 2.05) is 0 Å². The van der Waals surface area contributed by atoms with Crippen LogP contribution in [0.15, 0.2) is 6.20 Å². The molecule has 6 nitrogen and oxygen atoms in total. The lowest BCUT2D eigenvalue weighted by Gasteiger charge is -2.33. The quantitative estimate of drug-likeness (QED) is 0.810. The molecule has 2 saturated heterocycles. The Labute approximate surface area is 144 Å². The second-order valence-corrected chi connectivity index (χ2v) is 6.39. The van der Waals surface area contributed by atoms with Crippen LogP contribution in [0.4, 0.5) is 10.2 Å². The van der Waals surface area contributed by atoms with E-state index in [0.29, 0.717) is 42.7 Å². The van der Waals surface area contributed by atoms with Gasteiger partial charge in [0, 0.05) is 25.7 Å². The Bertz CT molecular complexity index is 687. The lowest BCUT2D eigenvalue weighted by molar-refractivity contribution is -0.136. The molecule has 2 atom stereocenters. The maximum atomic E-state index is 14.1. The van der Waals surface area contributed by atoms with Gasteiger partial charge >= 0.3 is 0 Å². The number of ether oxygens (including phenoxy) is 1. The third kappa shape index (κ3) is 3.04. The molecule has 0 spiro atoms. The number of aromatic nitrogens is 1. The van der Waals surface area contributed by atoms with E-state index in [1.54, 1.807) is 16.7 Å². The molecule has 1 amide bonds. The molecule has 0 saturated carbocycles. The number of rotatable bonds is 2. The number of halogens is 2. The minimum absolute atomic E-state index is 0.0451. The zero-order chi connectivity index (χ0) is 17.3. The largest absolute Gasteiger partial charge is 0.378 e. The first-order valence-electron chi connectivity index (χ1n) is 7.85. The van der Waals surface area contributed by atoms with Crippen LogP contribution >= 0.6 is 11.6 Å². The van der Waals surface area contributed by atoms with Crippen molar-refractivity contribution in [2.75, 3.05) is 37.7 Å². The summed E-state index contributed by atoms with van der Waals surface area (Å²) < 4.78 is 19.3. The first kappa shape index (κ1) is 16.9. The van der Waals surface area contributed by atoms with Crippen molar-refractivity contribution in [1.29, 1.82) is 5.26 Å². The molecule has 3 rings (SSSR count). The van der Waals surface area contributed by atoms with Crippen molar-refractivity contribution in [2.45, 2.75) is 25.6 Å². The van der Waals surface area contributed by atoms with Crippen molar-refractivity contribution in [3.8, 4) is 6.07 Å². The second-order valence-electron chi connectivity index (χ2n) is 5.98. The molecule has 1 aromatic heterocycles. The maximum Gasteiger partial charge on any atom is 0.245 e. The summed E-state index contributed by atoms with van der Waals surface area (Å²) in [5.74, 6) is 0.183. The lowest BCUT2D eigenvalue weighted by atomic mass is 10.1. The van der Waals surface area contributed by atoms with Crippen LogP contribution in [0.1, 0.15) is 17.5 Å². The summed E-state index contributed by atoms with van der Waals surface area (Å²) in [6.07, 6.45) is 0.406. The average Bonchev–Trinajstić information content (AvgIpc) is 2.98. The van der Waals surface area contributed by atoms with Gasteiger partial charge in [0.05, 0.1) is 30.3 Å². The number of hydrogen-bond donors (Lipinski definition) is 0. The molecule has 8 heteroatoms. The van der Waals surface area contributed by atoms with Crippen LogP contribution in [0.25, 0.3) is 0 Å². The van der Waals surface area contributed by atoms with Gasteiger partial charge in [0.2, 0.25) is 5.91 Å². The zero-order valence-corrected chi connectivity index (χ0v) is 14.1. The molecular weight excluding hydrogens is 335 g/mol. The third-order valence-electron chi connectivity index (χ3n) is 4.50. The summed E-state index contributed by atoms with van der Waals surface area (Å²) in [7, 11) is 0. The van der Waals surface area contributed by atoms with Crippen molar-refractivity contribution in [3.63, 3.8) is 0 Å².